The smallest absolute Gasteiger partial charge is 0.257 e. The quantitative estimate of drug-likeness (QED) is 0.678. The molecular formula is C23H27N3O3S. The SMILES string of the molecule is CCC(C)Oc1ccc(C(=O)NC(=S)Nc2ccc(C(=O)N3CCCC3)cc2)cc1. The van der Waals surface area contributed by atoms with Crippen molar-refractivity contribution in [1.82, 2.24) is 10.2 Å². The highest BCUT2D eigenvalue weighted by Gasteiger charge is 2.19. The first kappa shape index (κ1) is 21.8. The van der Waals surface area contributed by atoms with Gasteiger partial charge in [0.2, 0.25) is 0 Å². The molecule has 30 heavy (non-hydrogen) atoms. The Balaban J connectivity index is 1.52. The van der Waals surface area contributed by atoms with Gasteiger partial charge >= 0.3 is 0 Å². The summed E-state index contributed by atoms with van der Waals surface area (Å²) in [7, 11) is 0. The molecule has 0 saturated carbocycles. The van der Waals surface area contributed by atoms with Crippen LogP contribution in [0.1, 0.15) is 53.8 Å². The van der Waals surface area contributed by atoms with Crippen molar-refractivity contribution in [3.8, 4) is 5.75 Å². The minimum Gasteiger partial charge on any atom is -0.491 e. The van der Waals surface area contributed by atoms with Crippen LogP contribution in [0.2, 0.25) is 0 Å². The second kappa shape index (κ2) is 10.2. The van der Waals surface area contributed by atoms with E-state index in [4.69, 9.17) is 17.0 Å². The van der Waals surface area contributed by atoms with Gasteiger partial charge in [-0.15, -0.1) is 0 Å². The molecule has 2 N–H and O–H groups in total. The van der Waals surface area contributed by atoms with Crippen LogP contribution < -0.4 is 15.4 Å². The second-order valence-corrected chi connectivity index (χ2v) is 7.75. The molecule has 1 saturated heterocycles. The summed E-state index contributed by atoms with van der Waals surface area (Å²) in [6.07, 6.45) is 3.16. The summed E-state index contributed by atoms with van der Waals surface area (Å²) in [6, 6.07) is 14.0. The fraction of sp³-hybridized carbons (Fsp3) is 0.348. The lowest BCUT2D eigenvalue weighted by Gasteiger charge is -2.15. The molecule has 1 fully saturated rings. The van der Waals surface area contributed by atoms with E-state index in [-0.39, 0.29) is 23.0 Å². The molecule has 0 aliphatic carbocycles. The second-order valence-electron chi connectivity index (χ2n) is 7.35. The molecule has 1 unspecified atom stereocenters. The molecule has 2 aromatic rings. The number of rotatable bonds is 6. The van der Waals surface area contributed by atoms with Crippen molar-refractivity contribution >= 4 is 34.8 Å². The van der Waals surface area contributed by atoms with E-state index in [2.05, 4.69) is 17.6 Å². The number of benzene rings is 2. The Labute approximate surface area is 182 Å². The Hall–Kier alpha value is -2.93. The molecular weight excluding hydrogens is 398 g/mol. The molecule has 0 bridgehead atoms. The number of hydrogen-bond donors (Lipinski definition) is 2. The summed E-state index contributed by atoms with van der Waals surface area (Å²) >= 11 is 5.24. The van der Waals surface area contributed by atoms with E-state index in [1.54, 1.807) is 48.5 Å². The Morgan fingerprint density at radius 2 is 1.63 bits per heavy atom. The van der Waals surface area contributed by atoms with E-state index in [0.717, 1.165) is 38.1 Å². The van der Waals surface area contributed by atoms with Crippen molar-refractivity contribution in [3.05, 3.63) is 59.7 Å². The van der Waals surface area contributed by atoms with Crippen LogP contribution in [0.5, 0.6) is 5.75 Å². The summed E-state index contributed by atoms with van der Waals surface area (Å²) in [5.41, 5.74) is 1.84. The first-order chi connectivity index (χ1) is 14.5. The highest BCUT2D eigenvalue weighted by Crippen LogP contribution is 2.16. The topological polar surface area (TPSA) is 70.7 Å². The minimum absolute atomic E-state index is 0.0516. The van der Waals surface area contributed by atoms with Crippen LogP contribution in [-0.4, -0.2) is 41.0 Å². The monoisotopic (exact) mass is 425 g/mol. The van der Waals surface area contributed by atoms with E-state index in [0.29, 0.717) is 16.8 Å². The van der Waals surface area contributed by atoms with Gasteiger partial charge in [0.15, 0.2) is 5.11 Å². The molecule has 1 heterocycles. The first-order valence-electron chi connectivity index (χ1n) is 10.2. The zero-order chi connectivity index (χ0) is 21.5. The number of nitrogens with one attached hydrogen (secondary N) is 2. The lowest BCUT2D eigenvalue weighted by atomic mass is 10.2. The van der Waals surface area contributed by atoms with Crippen LogP contribution >= 0.6 is 12.2 Å². The zero-order valence-corrected chi connectivity index (χ0v) is 18.1. The lowest BCUT2D eigenvalue weighted by molar-refractivity contribution is 0.0792. The third-order valence-electron chi connectivity index (χ3n) is 5.04. The standard InChI is InChI=1S/C23H27N3O3S/c1-3-16(2)29-20-12-8-17(9-13-20)21(27)25-23(30)24-19-10-6-18(7-11-19)22(28)26-14-4-5-15-26/h6-13,16H,3-5,14-15H2,1-2H3,(H2,24,25,27,30). The van der Waals surface area contributed by atoms with E-state index in [1.807, 2.05) is 11.8 Å². The normalized spacial score (nSPS) is 14.1. The van der Waals surface area contributed by atoms with Crippen molar-refractivity contribution in [2.45, 2.75) is 39.2 Å². The molecule has 6 nitrogen and oxygen atoms in total. The number of thiocarbonyl (C=S) groups is 1. The number of carbonyl (C=O) groups excluding carboxylic acids is 2. The lowest BCUT2D eigenvalue weighted by Crippen LogP contribution is -2.34. The number of likely N-dealkylation sites (tertiary alicyclic amines) is 1. The molecule has 0 radical (unpaired) electrons. The third kappa shape index (κ3) is 5.79. The van der Waals surface area contributed by atoms with Gasteiger partial charge in [0, 0.05) is 29.9 Å². The number of nitrogens with zero attached hydrogens (tertiary/aromatic N) is 1. The van der Waals surface area contributed by atoms with Crippen LogP contribution in [0.4, 0.5) is 5.69 Å². The van der Waals surface area contributed by atoms with Gasteiger partial charge in [0.1, 0.15) is 5.75 Å². The van der Waals surface area contributed by atoms with Gasteiger partial charge in [-0.05, 0) is 86.9 Å². The van der Waals surface area contributed by atoms with Crippen LogP contribution in [0.3, 0.4) is 0 Å². The molecule has 1 atom stereocenters. The van der Waals surface area contributed by atoms with Crippen molar-refractivity contribution in [1.29, 1.82) is 0 Å². The maximum absolute atomic E-state index is 12.4. The molecule has 158 valence electrons. The zero-order valence-electron chi connectivity index (χ0n) is 17.3. The number of amides is 2. The van der Waals surface area contributed by atoms with Crippen molar-refractivity contribution < 1.29 is 14.3 Å². The molecule has 0 spiro atoms. The van der Waals surface area contributed by atoms with Gasteiger partial charge in [-0.2, -0.15) is 0 Å². The van der Waals surface area contributed by atoms with Crippen LogP contribution in [0, 0.1) is 0 Å². The van der Waals surface area contributed by atoms with Crippen molar-refractivity contribution in [2.75, 3.05) is 18.4 Å². The fourth-order valence-corrected chi connectivity index (χ4v) is 3.35. The Morgan fingerprint density at radius 3 is 2.23 bits per heavy atom. The highest BCUT2D eigenvalue weighted by atomic mass is 32.1. The minimum atomic E-state index is -0.302. The predicted octanol–water partition coefficient (Wildman–Crippen LogP) is 4.23. The van der Waals surface area contributed by atoms with Crippen LogP contribution in [0.15, 0.2) is 48.5 Å². The van der Waals surface area contributed by atoms with E-state index in [9.17, 15) is 9.59 Å². The fourth-order valence-electron chi connectivity index (χ4n) is 3.14. The maximum atomic E-state index is 12.4. The molecule has 1 aliphatic rings. The summed E-state index contributed by atoms with van der Waals surface area (Å²) in [5, 5.41) is 5.83. The molecule has 3 rings (SSSR count). The third-order valence-corrected chi connectivity index (χ3v) is 5.24. The summed E-state index contributed by atoms with van der Waals surface area (Å²) in [6.45, 7) is 5.69. The average molecular weight is 426 g/mol. The summed E-state index contributed by atoms with van der Waals surface area (Å²) in [5.74, 6) is 0.476. The number of ether oxygens (including phenoxy) is 1. The highest BCUT2D eigenvalue weighted by molar-refractivity contribution is 7.80. The van der Waals surface area contributed by atoms with Crippen molar-refractivity contribution in [3.63, 3.8) is 0 Å². The predicted molar refractivity (Wildman–Crippen MR) is 122 cm³/mol. The van der Waals surface area contributed by atoms with Crippen LogP contribution in [-0.2, 0) is 0 Å². The molecule has 7 heteroatoms. The van der Waals surface area contributed by atoms with Crippen LogP contribution in [0.25, 0.3) is 0 Å². The van der Waals surface area contributed by atoms with Gasteiger partial charge in [0.05, 0.1) is 6.10 Å². The number of carbonyl (C=O) groups is 2. The van der Waals surface area contributed by atoms with Gasteiger partial charge in [0.25, 0.3) is 11.8 Å². The van der Waals surface area contributed by atoms with E-state index in [1.165, 1.54) is 0 Å². The Bertz CT molecular complexity index is 891. The maximum Gasteiger partial charge on any atom is 0.257 e. The van der Waals surface area contributed by atoms with Gasteiger partial charge < -0.3 is 15.0 Å². The molecule has 0 aromatic heterocycles. The Morgan fingerprint density at radius 1 is 1.03 bits per heavy atom. The number of anilines is 1. The van der Waals surface area contributed by atoms with E-state index < -0.39 is 0 Å². The largest absolute Gasteiger partial charge is 0.491 e. The molecule has 1 aliphatic heterocycles. The van der Waals surface area contributed by atoms with Gasteiger partial charge in [-0.3, -0.25) is 14.9 Å². The van der Waals surface area contributed by atoms with Gasteiger partial charge in [-0.1, -0.05) is 6.92 Å². The first-order valence-corrected chi connectivity index (χ1v) is 10.7. The van der Waals surface area contributed by atoms with Gasteiger partial charge in [-0.25, -0.2) is 0 Å². The summed E-state index contributed by atoms with van der Waals surface area (Å²) < 4.78 is 5.72. The average Bonchev–Trinajstić information content (AvgIpc) is 3.29. The molecule has 2 amide bonds. The summed E-state index contributed by atoms with van der Waals surface area (Å²) in [4.78, 5) is 26.7. The Kier molecular flexibility index (Phi) is 7.41. The van der Waals surface area contributed by atoms with E-state index >= 15 is 0 Å². The molecule has 2 aromatic carbocycles. The van der Waals surface area contributed by atoms with Crippen molar-refractivity contribution in [2.24, 2.45) is 0 Å². The number of hydrogen-bond acceptors (Lipinski definition) is 4.